The van der Waals surface area contributed by atoms with Gasteiger partial charge >= 0.3 is 0 Å². The number of nitrogens with zero attached hydrogens (tertiary/aromatic N) is 4. The number of carbonyl (C=O) groups excluding carboxylic acids is 1. The van der Waals surface area contributed by atoms with E-state index in [0.29, 0.717) is 40.1 Å². The summed E-state index contributed by atoms with van der Waals surface area (Å²) in [4.78, 5) is 16.3. The van der Waals surface area contributed by atoms with Gasteiger partial charge in [0.05, 0.1) is 25.0 Å². The molecule has 4 aromatic rings. The molecule has 0 saturated heterocycles. The number of rotatable bonds is 6. The first kappa shape index (κ1) is 21.4. The van der Waals surface area contributed by atoms with Crippen LogP contribution in [0.5, 0.6) is 5.75 Å². The van der Waals surface area contributed by atoms with Crippen LogP contribution in [-0.4, -0.2) is 32.8 Å². The molecule has 0 spiro atoms. The Balaban J connectivity index is 1.86. The normalized spacial score (nSPS) is 11.7. The SMILES string of the molecule is CCn1cnc2c(-c3ccc(F)c(-c4ccc(C(C)(C)C(N)=O)cc4OC)c3)cnnc21. The molecule has 4 rings (SSSR count). The lowest BCUT2D eigenvalue weighted by atomic mass is 9.83. The lowest BCUT2D eigenvalue weighted by molar-refractivity contribution is -0.122. The maximum absolute atomic E-state index is 14.9. The van der Waals surface area contributed by atoms with Crippen molar-refractivity contribution in [1.29, 1.82) is 0 Å². The molecule has 2 N–H and O–H groups in total. The van der Waals surface area contributed by atoms with Gasteiger partial charge in [-0.05, 0) is 50.1 Å². The fourth-order valence-corrected chi connectivity index (χ4v) is 3.66. The number of amides is 1. The van der Waals surface area contributed by atoms with E-state index in [0.717, 1.165) is 11.1 Å². The van der Waals surface area contributed by atoms with Gasteiger partial charge < -0.3 is 15.0 Å². The summed E-state index contributed by atoms with van der Waals surface area (Å²) >= 11 is 0. The summed E-state index contributed by atoms with van der Waals surface area (Å²) in [5.41, 5.74) is 9.16. The molecule has 0 fully saturated rings. The van der Waals surface area contributed by atoms with Crippen molar-refractivity contribution in [2.45, 2.75) is 32.7 Å². The van der Waals surface area contributed by atoms with Gasteiger partial charge in [-0.2, -0.15) is 5.10 Å². The fraction of sp³-hybridized carbons (Fsp3) is 0.250. The second-order valence-corrected chi connectivity index (χ2v) is 8.06. The Hall–Kier alpha value is -3.81. The summed E-state index contributed by atoms with van der Waals surface area (Å²) in [6, 6.07) is 10.1. The topological polar surface area (TPSA) is 95.9 Å². The van der Waals surface area contributed by atoms with E-state index in [4.69, 9.17) is 10.5 Å². The lowest BCUT2D eigenvalue weighted by Gasteiger charge is -2.22. The van der Waals surface area contributed by atoms with Gasteiger partial charge in [0.1, 0.15) is 17.1 Å². The third kappa shape index (κ3) is 3.47. The first-order chi connectivity index (χ1) is 15.3. The van der Waals surface area contributed by atoms with Crippen molar-refractivity contribution in [2.75, 3.05) is 7.11 Å². The van der Waals surface area contributed by atoms with Crippen LogP contribution in [0.3, 0.4) is 0 Å². The number of benzene rings is 2. The largest absolute Gasteiger partial charge is 0.496 e. The van der Waals surface area contributed by atoms with Crippen LogP contribution in [0.15, 0.2) is 48.9 Å². The van der Waals surface area contributed by atoms with E-state index >= 15 is 0 Å². The number of hydrogen-bond donors (Lipinski definition) is 1. The average molecular weight is 433 g/mol. The van der Waals surface area contributed by atoms with Gasteiger partial charge in [0.25, 0.3) is 0 Å². The Morgan fingerprint density at radius 2 is 1.94 bits per heavy atom. The highest BCUT2D eigenvalue weighted by atomic mass is 19.1. The molecule has 7 nitrogen and oxygen atoms in total. The van der Waals surface area contributed by atoms with Crippen molar-refractivity contribution in [3.8, 4) is 28.0 Å². The number of carbonyl (C=O) groups is 1. The van der Waals surface area contributed by atoms with Crippen LogP contribution in [0.25, 0.3) is 33.4 Å². The van der Waals surface area contributed by atoms with Gasteiger partial charge in [-0.15, -0.1) is 5.10 Å². The number of hydrogen-bond acceptors (Lipinski definition) is 5. The van der Waals surface area contributed by atoms with E-state index in [1.807, 2.05) is 11.5 Å². The zero-order valence-corrected chi connectivity index (χ0v) is 18.4. The molecular formula is C24H24FN5O2. The van der Waals surface area contributed by atoms with E-state index in [1.54, 1.807) is 56.7 Å². The first-order valence-electron chi connectivity index (χ1n) is 10.2. The van der Waals surface area contributed by atoms with E-state index in [9.17, 15) is 9.18 Å². The highest BCUT2D eigenvalue weighted by molar-refractivity contribution is 5.91. The van der Waals surface area contributed by atoms with Crippen LogP contribution in [0.1, 0.15) is 26.3 Å². The van der Waals surface area contributed by atoms with Gasteiger partial charge in [-0.1, -0.05) is 18.2 Å². The molecule has 0 atom stereocenters. The molecule has 2 aromatic carbocycles. The molecule has 0 aliphatic carbocycles. The van der Waals surface area contributed by atoms with Crippen molar-refractivity contribution in [3.63, 3.8) is 0 Å². The van der Waals surface area contributed by atoms with Gasteiger partial charge in [0.15, 0.2) is 5.65 Å². The minimum absolute atomic E-state index is 0.364. The standard InChI is InChI=1S/C24H24FN5O2/c1-5-30-13-27-21-18(12-28-29-22(21)30)14-6-9-19(25)17(10-14)16-8-7-15(11-20(16)32-4)24(2,3)23(26)31/h6-13H,5H2,1-4H3,(H2,26,31). The maximum atomic E-state index is 14.9. The number of methoxy groups -OCH3 is 1. The fourth-order valence-electron chi connectivity index (χ4n) is 3.66. The third-order valence-corrected chi connectivity index (χ3v) is 5.85. The van der Waals surface area contributed by atoms with Crippen LogP contribution in [-0.2, 0) is 16.8 Å². The van der Waals surface area contributed by atoms with Crippen LogP contribution in [0, 0.1) is 5.82 Å². The number of nitrogens with two attached hydrogens (primary N) is 1. The summed E-state index contributed by atoms with van der Waals surface area (Å²) in [5, 5.41) is 8.30. The molecule has 8 heteroatoms. The maximum Gasteiger partial charge on any atom is 0.227 e. The van der Waals surface area contributed by atoms with E-state index in [-0.39, 0.29) is 0 Å². The van der Waals surface area contributed by atoms with Crippen LogP contribution in [0.4, 0.5) is 4.39 Å². The highest BCUT2D eigenvalue weighted by Gasteiger charge is 2.28. The third-order valence-electron chi connectivity index (χ3n) is 5.85. The molecule has 0 unspecified atom stereocenters. The van der Waals surface area contributed by atoms with Gasteiger partial charge in [-0.25, -0.2) is 9.37 Å². The molecular weight excluding hydrogens is 409 g/mol. The van der Waals surface area contributed by atoms with Crippen LogP contribution in [0.2, 0.25) is 0 Å². The molecule has 2 heterocycles. The lowest BCUT2D eigenvalue weighted by Crippen LogP contribution is -2.35. The van der Waals surface area contributed by atoms with Gasteiger partial charge in [0, 0.05) is 23.2 Å². The van der Waals surface area contributed by atoms with Crippen molar-refractivity contribution in [3.05, 3.63) is 60.3 Å². The predicted molar refractivity (Wildman–Crippen MR) is 121 cm³/mol. The zero-order chi connectivity index (χ0) is 23.0. The molecule has 0 aliphatic heterocycles. The summed E-state index contributed by atoms with van der Waals surface area (Å²) in [5.74, 6) is -0.409. The summed E-state index contributed by atoms with van der Waals surface area (Å²) in [6.07, 6.45) is 3.34. The smallest absolute Gasteiger partial charge is 0.227 e. The van der Waals surface area contributed by atoms with E-state index in [1.165, 1.54) is 13.2 Å². The molecule has 0 radical (unpaired) electrons. The molecule has 1 amide bonds. The summed E-state index contributed by atoms with van der Waals surface area (Å²) in [7, 11) is 1.51. The number of primary amides is 1. The summed E-state index contributed by atoms with van der Waals surface area (Å²) in [6.45, 7) is 6.19. The number of fused-ring (bicyclic) bond motifs is 1. The predicted octanol–water partition coefficient (Wildman–Crippen LogP) is 4.09. The highest BCUT2D eigenvalue weighted by Crippen LogP contribution is 2.38. The van der Waals surface area contributed by atoms with Gasteiger partial charge in [-0.3, -0.25) is 4.79 Å². The molecule has 0 aliphatic rings. The average Bonchev–Trinajstić information content (AvgIpc) is 3.22. The second-order valence-electron chi connectivity index (χ2n) is 8.06. The second kappa shape index (κ2) is 8.03. The molecule has 0 saturated carbocycles. The van der Waals surface area contributed by atoms with E-state index in [2.05, 4.69) is 15.2 Å². The van der Waals surface area contributed by atoms with E-state index < -0.39 is 17.1 Å². The zero-order valence-electron chi connectivity index (χ0n) is 18.4. The van der Waals surface area contributed by atoms with Crippen molar-refractivity contribution in [1.82, 2.24) is 19.7 Å². The molecule has 0 bridgehead atoms. The summed E-state index contributed by atoms with van der Waals surface area (Å²) < 4.78 is 22.4. The number of ether oxygens (including phenoxy) is 1. The van der Waals surface area contributed by atoms with Crippen molar-refractivity contribution < 1.29 is 13.9 Å². The first-order valence-corrected chi connectivity index (χ1v) is 10.2. The Labute approximate surface area is 185 Å². The molecule has 164 valence electrons. The Kier molecular flexibility index (Phi) is 5.38. The van der Waals surface area contributed by atoms with Crippen LogP contribution < -0.4 is 10.5 Å². The Morgan fingerprint density at radius 3 is 2.62 bits per heavy atom. The Morgan fingerprint density at radius 1 is 1.16 bits per heavy atom. The quantitative estimate of drug-likeness (QED) is 0.494. The number of halogens is 1. The van der Waals surface area contributed by atoms with Gasteiger partial charge in [0.2, 0.25) is 5.91 Å². The molecule has 32 heavy (non-hydrogen) atoms. The minimum Gasteiger partial charge on any atom is -0.496 e. The van der Waals surface area contributed by atoms with Crippen LogP contribution >= 0.6 is 0 Å². The number of aromatic nitrogens is 4. The number of aryl methyl sites for hydroxylation is 1. The van der Waals surface area contributed by atoms with Crippen molar-refractivity contribution >= 4 is 17.1 Å². The van der Waals surface area contributed by atoms with Crippen molar-refractivity contribution in [2.24, 2.45) is 5.73 Å². The minimum atomic E-state index is -0.890. The molecule has 2 aromatic heterocycles. The number of imidazole rings is 1. The monoisotopic (exact) mass is 433 g/mol. The Bertz CT molecular complexity index is 1330.